The van der Waals surface area contributed by atoms with E-state index in [0.29, 0.717) is 12.6 Å². The van der Waals surface area contributed by atoms with E-state index in [0.717, 1.165) is 23.8 Å². The molecule has 1 saturated carbocycles. The summed E-state index contributed by atoms with van der Waals surface area (Å²) in [6.07, 6.45) is 4.25. The van der Waals surface area contributed by atoms with Crippen LogP contribution in [0.25, 0.3) is 0 Å². The Morgan fingerprint density at radius 3 is 2.86 bits per heavy atom. The first-order chi connectivity index (χ1) is 10.3. The Morgan fingerprint density at radius 2 is 2.14 bits per heavy atom. The standard InChI is InChI=1S/C17H21N3O/c1-2-21-16-7-4-10-19-17(16)20(15-8-9-15)12-13-5-3-6-14(18)11-13/h3-7,10-11,15H,2,8-9,12,18H2,1H3. The summed E-state index contributed by atoms with van der Waals surface area (Å²) in [4.78, 5) is 6.88. The molecule has 0 aliphatic heterocycles. The average molecular weight is 283 g/mol. The Hall–Kier alpha value is -2.23. The lowest BCUT2D eigenvalue weighted by Crippen LogP contribution is -2.26. The van der Waals surface area contributed by atoms with Crippen LogP contribution >= 0.6 is 0 Å². The van der Waals surface area contributed by atoms with Crippen LogP contribution in [-0.2, 0) is 6.54 Å². The number of rotatable bonds is 6. The van der Waals surface area contributed by atoms with Crippen molar-refractivity contribution in [1.82, 2.24) is 4.98 Å². The van der Waals surface area contributed by atoms with Crippen molar-refractivity contribution in [3.8, 4) is 5.75 Å². The lowest BCUT2D eigenvalue weighted by atomic mass is 10.2. The quantitative estimate of drug-likeness (QED) is 0.827. The molecule has 1 fully saturated rings. The van der Waals surface area contributed by atoms with Gasteiger partial charge in [-0.05, 0) is 49.6 Å². The predicted octanol–water partition coefficient (Wildman–Crippen LogP) is 3.23. The van der Waals surface area contributed by atoms with Crippen LogP contribution in [0.1, 0.15) is 25.3 Å². The minimum absolute atomic E-state index is 0.556. The third-order valence-corrected chi connectivity index (χ3v) is 3.61. The molecule has 1 aliphatic rings. The molecule has 3 rings (SSSR count). The van der Waals surface area contributed by atoms with Gasteiger partial charge in [0, 0.05) is 24.5 Å². The Morgan fingerprint density at radius 1 is 1.29 bits per heavy atom. The van der Waals surface area contributed by atoms with E-state index in [1.807, 2.05) is 43.5 Å². The third-order valence-electron chi connectivity index (χ3n) is 3.61. The summed E-state index contributed by atoms with van der Waals surface area (Å²) >= 11 is 0. The van der Waals surface area contributed by atoms with Gasteiger partial charge < -0.3 is 15.4 Å². The largest absolute Gasteiger partial charge is 0.490 e. The molecule has 0 radical (unpaired) electrons. The van der Waals surface area contributed by atoms with E-state index in [1.54, 1.807) is 0 Å². The van der Waals surface area contributed by atoms with Crippen molar-refractivity contribution >= 4 is 11.5 Å². The van der Waals surface area contributed by atoms with Crippen molar-refractivity contribution in [2.75, 3.05) is 17.2 Å². The number of nitrogens with zero attached hydrogens (tertiary/aromatic N) is 2. The highest BCUT2D eigenvalue weighted by Crippen LogP contribution is 2.36. The number of hydrogen-bond donors (Lipinski definition) is 1. The summed E-state index contributed by atoms with van der Waals surface area (Å²) in [5.74, 6) is 1.79. The molecule has 1 heterocycles. The molecule has 0 atom stereocenters. The fourth-order valence-corrected chi connectivity index (χ4v) is 2.52. The van der Waals surface area contributed by atoms with E-state index in [1.165, 1.54) is 18.4 Å². The summed E-state index contributed by atoms with van der Waals surface area (Å²) in [6.45, 7) is 3.46. The summed E-state index contributed by atoms with van der Waals surface area (Å²) in [5.41, 5.74) is 7.89. The number of benzene rings is 1. The second kappa shape index (κ2) is 6.04. The smallest absolute Gasteiger partial charge is 0.171 e. The maximum Gasteiger partial charge on any atom is 0.171 e. The summed E-state index contributed by atoms with van der Waals surface area (Å²) in [7, 11) is 0. The van der Waals surface area contributed by atoms with Gasteiger partial charge in [0.1, 0.15) is 0 Å². The number of ether oxygens (including phenoxy) is 1. The highest BCUT2D eigenvalue weighted by molar-refractivity contribution is 5.54. The second-order valence-corrected chi connectivity index (χ2v) is 5.36. The van der Waals surface area contributed by atoms with Gasteiger partial charge in [-0.2, -0.15) is 0 Å². The molecule has 0 saturated heterocycles. The zero-order valence-electron chi connectivity index (χ0n) is 12.3. The number of pyridine rings is 1. The van der Waals surface area contributed by atoms with Crippen molar-refractivity contribution in [3.63, 3.8) is 0 Å². The van der Waals surface area contributed by atoms with E-state index >= 15 is 0 Å². The number of nitrogen functional groups attached to an aromatic ring is 1. The van der Waals surface area contributed by atoms with Gasteiger partial charge in [0.15, 0.2) is 11.6 Å². The molecule has 2 N–H and O–H groups in total. The SMILES string of the molecule is CCOc1cccnc1N(Cc1cccc(N)c1)C1CC1. The van der Waals surface area contributed by atoms with Crippen molar-refractivity contribution in [2.45, 2.75) is 32.4 Å². The first-order valence-corrected chi connectivity index (χ1v) is 7.47. The van der Waals surface area contributed by atoms with Crippen LogP contribution in [0.5, 0.6) is 5.75 Å². The summed E-state index contributed by atoms with van der Waals surface area (Å²) in [5, 5.41) is 0. The molecule has 1 aromatic heterocycles. The zero-order chi connectivity index (χ0) is 14.7. The molecule has 2 aromatic rings. The molecule has 0 unspecified atom stereocenters. The minimum atomic E-state index is 0.556. The summed E-state index contributed by atoms with van der Waals surface area (Å²) < 4.78 is 5.73. The van der Waals surface area contributed by atoms with Gasteiger partial charge in [0.2, 0.25) is 0 Å². The normalized spacial score (nSPS) is 14.0. The van der Waals surface area contributed by atoms with Gasteiger partial charge in [-0.1, -0.05) is 12.1 Å². The highest BCUT2D eigenvalue weighted by Gasteiger charge is 2.31. The fraction of sp³-hybridized carbons (Fsp3) is 0.353. The van der Waals surface area contributed by atoms with Gasteiger partial charge in [-0.3, -0.25) is 0 Å². The number of nitrogens with two attached hydrogens (primary N) is 1. The van der Waals surface area contributed by atoms with Gasteiger partial charge >= 0.3 is 0 Å². The molecule has 21 heavy (non-hydrogen) atoms. The minimum Gasteiger partial charge on any atom is -0.490 e. The van der Waals surface area contributed by atoms with Crippen LogP contribution < -0.4 is 15.4 Å². The van der Waals surface area contributed by atoms with Crippen molar-refractivity contribution in [1.29, 1.82) is 0 Å². The number of anilines is 2. The fourth-order valence-electron chi connectivity index (χ4n) is 2.52. The van der Waals surface area contributed by atoms with E-state index in [2.05, 4.69) is 16.0 Å². The van der Waals surface area contributed by atoms with E-state index < -0.39 is 0 Å². The molecule has 1 aliphatic carbocycles. The van der Waals surface area contributed by atoms with Gasteiger partial charge in [0.05, 0.1) is 6.61 Å². The van der Waals surface area contributed by atoms with Crippen LogP contribution in [0.4, 0.5) is 11.5 Å². The van der Waals surface area contributed by atoms with Gasteiger partial charge in [-0.25, -0.2) is 4.98 Å². The first kappa shape index (κ1) is 13.7. The highest BCUT2D eigenvalue weighted by atomic mass is 16.5. The third kappa shape index (κ3) is 3.27. The monoisotopic (exact) mass is 283 g/mol. The first-order valence-electron chi connectivity index (χ1n) is 7.47. The Labute approximate surface area is 125 Å². The Bertz CT molecular complexity index is 610. The van der Waals surface area contributed by atoms with Crippen LogP contribution in [0.3, 0.4) is 0 Å². The predicted molar refractivity (Wildman–Crippen MR) is 85.5 cm³/mol. The lowest BCUT2D eigenvalue weighted by Gasteiger charge is -2.25. The van der Waals surface area contributed by atoms with E-state index in [4.69, 9.17) is 10.5 Å². The number of hydrogen-bond acceptors (Lipinski definition) is 4. The molecule has 4 heteroatoms. The van der Waals surface area contributed by atoms with Gasteiger partial charge in [0.25, 0.3) is 0 Å². The van der Waals surface area contributed by atoms with Crippen LogP contribution in [0, 0.1) is 0 Å². The Balaban J connectivity index is 1.88. The maximum absolute atomic E-state index is 5.88. The Kier molecular flexibility index (Phi) is 3.95. The van der Waals surface area contributed by atoms with Crippen molar-refractivity contribution in [2.24, 2.45) is 0 Å². The molecule has 0 amide bonds. The van der Waals surface area contributed by atoms with E-state index in [-0.39, 0.29) is 0 Å². The summed E-state index contributed by atoms with van der Waals surface area (Å²) in [6, 6.07) is 12.5. The van der Waals surface area contributed by atoms with Gasteiger partial charge in [-0.15, -0.1) is 0 Å². The van der Waals surface area contributed by atoms with E-state index in [9.17, 15) is 0 Å². The zero-order valence-corrected chi connectivity index (χ0v) is 12.3. The average Bonchev–Trinajstić information content (AvgIpc) is 3.31. The topological polar surface area (TPSA) is 51.4 Å². The lowest BCUT2D eigenvalue weighted by molar-refractivity contribution is 0.338. The molecule has 110 valence electrons. The van der Waals surface area contributed by atoms with Crippen molar-refractivity contribution in [3.05, 3.63) is 48.2 Å². The maximum atomic E-state index is 5.88. The molecule has 0 bridgehead atoms. The second-order valence-electron chi connectivity index (χ2n) is 5.36. The molecular formula is C17H21N3O. The van der Waals surface area contributed by atoms with Crippen LogP contribution in [0.15, 0.2) is 42.6 Å². The molecule has 4 nitrogen and oxygen atoms in total. The molecule has 1 aromatic carbocycles. The number of aromatic nitrogens is 1. The molecule has 0 spiro atoms. The molecular weight excluding hydrogens is 262 g/mol. The van der Waals surface area contributed by atoms with Crippen molar-refractivity contribution < 1.29 is 4.74 Å². The van der Waals surface area contributed by atoms with Crippen LogP contribution in [0.2, 0.25) is 0 Å². The van der Waals surface area contributed by atoms with Crippen LogP contribution in [-0.4, -0.2) is 17.6 Å².